The normalized spacial score (nSPS) is 18.8. The zero-order valence-electron chi connectivity index (χ0n) is 20.5. The first-order valence-electron chi connectivity index (χ1n) is 12.4. The summed E-state index contributed by atoms with van der Waals surface area (Å²) in [6.45, 7) is 2.22. The molecule has 0 radical (unpaired) electrons. The lowest BCUT2D eigenvalue weighted by molar-refractivity contribution is -0.137. The minimum Gasteiger partial charge on any atom is -0.166 e. The van der Waals surface area contributed by atoms with E-state index in [2.05, 4.69) is 85.8 Å². The average molecular weight is 493 g/mol. The molecule has 0 saturated heterocycles. The number of alkyl halides is 3. The second-order valence-electron chi connectivity index (χ2n) is 9.43. The van der Waals surface area contributed by atoms with Crippen molar-refractivity contribution in [3.8, 4) is 33.4 Å². The van der Waals surface area contributed by atoms with Gasteiger partial charge in [-0.1, -0.05) is 122 Å². The summed E-state index contributed by atoms with van der Waals surface area (Å²) in [5.74, 6) is 0.566. The zero-order chi connectivity index (χ0) is 25.8. The molecule has 184 valence electrons. The van der Waals surface area contributed by atoms with Gasteiger partial charge in [-0.15, -0.1) is 0 Å². The molecule has 0 fully saturated rings. The Morgan fingerprint density at radius 2 is 0.946 bits per heavy atom. The summed E-state index contributed by atoms with van der Waals surface area (Å²) in [4.78, 5) is 0. The Morgan fingerprint density at radius 1 is 0.568 bits per heavy atom. The fraction of sp³-hybridized carbons (Fsp3) is 0.118. The average Bonchev–Trinajstić information content (AvgIpc) is 2.91. The van der Waals surface area contributed by atoms with Crippen LogP contribution in [0.15, 0.2) is 127 Å². The van der Waals surface area contributed by atoms with Gasteiger partial charge in [-0.25, -0.2) is 0 Å². The van der Waals surface area contributed by atoms with E-state index >= 15 is 0 Å². The van der Waals surface area contributed by atoms with Crippen molar-refractivity contribution in [3.05, 3.63) is 139 Å². The highest BCUT2D eigenvalue weighted by Crippen LogP contribution is 2.32. The molecular weight excluding hydrogens is 465 g/mol. The predicted molar refractivity (Wildman–Crippen MR) is 148 cm³/mol. The van der Waals surface area contributed by atoms with Crippen LogP contribution in [0.3, 0.4) is 0 Å². The minimum absolute atomic E-state index is 0.566. The lowest BCUT2D eigenvalue weighted by atomic mass is 9.96. The Labute approximate surface area is 216 Å². The van der Waals surface area contributed by atoms with Gasteiger partial charge in [0.1, 0.15) is 0 Å². The molecule has 4 aromatic carbocycles. The van der Waals surface area contributed by atoms with Gasteiger partial charge in [-0.05, 0) is 69.0 Å². The molecular formula is C34H27F3. The standard InChI is InChI=1S/C34H27F3/c1-24-4-2-6-25(7-3-5-24)26-8-10-27(11-9-26)28-12-14-29(15-13-28)30-16-18-31(19-17-30)32-20-22-33(23-21-32)34(35,36)37/h2-4,6-24H,5H2,1H3/b4-2-,7-3+,25-6+. The van der Waals surface area contributed by atoms with Crippen LogP contribution in [-0.4, -0.2) is 0 Å². The van der Waals surface area contributed by atoms with Crippen LogP contribution in [-0.2, 0) is 6.18 Å². The van der Waals surface area contributed by atoms with E-state index in [4.69, 9.17) is 0 Å². The highest BCUT2D eigenvalue weighted by atomic mass is 19.4. The first kappa shape index (κ1) is 24.6. The van der Waals surface area contributed by atoms with Crippen molar-refractivity contribution in [2.45, 2.75) is 19.5 Å². The molecule has 1 aliphatic rings. The van der Waals surface area contributed by atoms with E-state index in [1.807, 2.05) is 24.3 Å². The first-order chi connectivity index (χ1) is 17.9. The summed E-state index contributed by atoms with van der Waals surface area (Å²) in [5, 5.41) is 0. The van der Waals surface area contributed by atoms with Crippen LogP contribution in [0, 0.1) is 5.92 Å². The van der Waals surface area contributed by atoms with Crippen molar-refractivity contribution in [3.63, 3.8) is 0 Å². The molecule has 0 saturated carbocycles. The molecule has 3 heteroatoms. The van der Waals surface area contributed by atoms with Crippen LogP contribution in [0.1, 0.15) is 24.5 Å². The van der Waals surface area contributed by atoms with Crippen molar-refractivity contribution in [2.24, 2.45) is 5.92 Å². The maximum absolute atomic E-state index is 12.8. The van der Waals surface area contributed by atoms with Gasteiger partial charge in [0.2, 0.25) is 0 Å². The van der Waals surface area contributed by atoms with E-state index in [9.17, 15) is 13.2 Å². The summed E-state index contributed by atoms with van der Waals surface area (Å²) < 4.78 is 38.5. The van der Waals surface area contributed by atoms with E-state index in [1.165, 1.54) is 23.3 Å². The van der Waals surface area contributed by atoms with E-state index in [-0.39, 0.29) is 0 Å². The molecule has 0 bridgehead atoms. The van der Waals surface area contributed by atoms with E-state index in [0.717, 1.165) is 51.9 Å². The quantitative estimate of drug-likeness (QED) is 0.266. The van der Waals surface area contributed by atoms with Gasteiger partial charge in [0.25, 0.3) is 0 Å². The van der Waals surface area contributed by atoms with Crippen molar-refractivity contribution < 1.29 is 13.2 Å². The molecule has 0 heterocycles. The van der Waals surface area contributed by atoms with Gasteiger partial charge in [0.05, 0.1) is 5.56 Å². The maximum atomic E-state index is 12.8. The largest absolute Gasteiger partial charge is 0.416 e. The van der Waals surface area contributed by atoms with E-state index < -0.39 is 11.7 Å². The van der Waals surface area contributed by atoms with Crippen molar-refractivity contribution in [2.75, 3.05) is 0 Å². The molecule has 0 aliphatic heterocycles. The summed E-state index contributed by atoms with van der Waals surface area (Å²) in [6.07, 6.45) is 7.72. The van der Waals surface area contributed by atoms with Crippen LogP contribution >= 0.6 is 0 Å². The third-order valence-corrected chi connectivity index (χ3v) is 6.72. The topological polar surface area (TPSA) is 0 Å². The number of hydrogen-bond acceptors (Lipinski definition) is 0. The van der Waals surface area contributed by atoms with Gasteiger partial charge >= 0.3 is 6.18 Å². The molecule has 1 aliphatic carbocycles. The lowest BCUT2D eigenvalue weighted by Gasteiger charge is -2.10. The Bertz CT molecular complexity index is 1430. The zero-order valence-corrected chi connectivity index (χ0v) is 20.5. The van der Waals surface area contributed by atoms with Gasteiger partial charge in [-0.2, -0.15) is 13.2 Å². The van der Waals surface area contributed by atoms with Crippen molar-refractivity contribution in [1.82, 2.24) is 0 Å². The SMILES string of the molecule is CC1\C=C/C=C(c2ccc(-c3ccc(-c4ccc(-c5ccc(C(F)(F)F)cc5)cc4)cc3)cc2)\C=C\C1. The summed E-state index contributed by atoms with van der Waals surface area (Å²) in [6, 6.07) is 30.2. The molecule has 0 spiro atoms. The highest BCUT2D eigenvalue weighted by molar-refractivity contribution is 5.78. The monoisotopic (exact) mass is 492 g/mol. The Hall–Kier alpha value is -4.11. The van der Waals surface area contributed by atoms with E-state index in [0.29, 0.717) is 5.92 Å². The minimum atomic E-state index is -4.32. The Kier molecular flexibility index (Phi) is 6.96. The van der Waals surface area contributed by atoms with Crippen molar-refractivity contribution in [1.29, 1.82) is 0 Å². The lowest BCUT2D eigenvalue weighted by Crippen LogP contribution is -2.03. The molecule has 5 rings (SSSR count). The Balaban J connectivity index is 1.29. The molecule has 1 atom stereocenters. The molecule has 1 unspecified atom stereocenters. The third-order valence-electron chi connectivity index (χ3n) is 6.72. The van der Waals surface area contributed by atoms with Crippen LogP contribution in [0.2, 0.25) is 0 Å². The number of rotatable bonds is 4. The van der Waals surface area contributed by atoms with E-state index in [1.54, 1.807) is 0 Å². The van der Waals surface area contributed by atoms with Crippen molar-refractivity contribution >= 4 is 5.57 Å². The van der Waals surface area contributed by atoms with Crippen LogP contribution in [0.4, 0.5) is 13.2 Å². The van der Waals surface area contributed by atoms with Gasteiger partial charge < -0.3 is 0 Å². The fourth-order valence-electron chi connectivity index (χ4n) is 4.50. The predicted octanol–water partition coefficient (Wildman–Crippen LogP) is 10.2. The molecule has 0 N–H and O–H groups in total. The maximum Gasteiger partial charge on any atom is 0.416 e. The second-order valence-corrected chi connectivity index (χ2v) is 9.43. The number of hydrogen-bond donors (Lipinski definition) is 0. The molecule has 0 aromatic heterocycles. The molecule has 37 heavy (non-hydrogen) atoms. The second kappa shape index (κ2) is 10.5. The van der Waals surface area contributed by atoms with Gasteiger partial charge in [0.15, 0.2) is 0 Å². The van der Waals surface area contributed by atoms with Crippen LogP contribution in [0.5, 0.6) is 0 Å². The molecule has 0 nitrogen and oxygen atoms in total. The van der Waals surface area contributed by atoms with Crippen LogP contribution in [0.25, 0.3) is 39.0 Å². The Morgan fingerprint density at radius 3 is 1.35 bits per heavy atom. The van der Waals surface area contributed by atoms with Crippen LogP contribution < -0.4 is 0 Å². The van der Waals surface area contributed by atoms with Gasteiger partial charge in [-0.3, -0.25) is 0 Å². The summed E-state index contributed by atoms with van der Waals surface area (Å²) in [5.41, 5.74) is 7.87. The highest BCUT2D eigenvalue weighted by Gasteiger charge is 2.29. The number of allylic oxidation sites excluding steroid dienone is 6. The number of benzene rings is 4. The summed E-state index contributed by atoms with van der Waals surface area (Å²) >= 11 is 0. The fourth-order valence-corrected chi connectivity index (χ4v) is 4.50. The summed E-state index contributed by atoms with van der Waals surface area (Å²) in [7, 11) is 0. The first-order valence-corrected chi connectivity index (χ1v) is 12.4. The third kappa shape index (κ3) is 5.83. The molecule has 0 amide bonds. The van der Waals surface area contributed by atoms with Gasteiger partial charge in [0, 0.05) is 0 Å². The molecule has 4 aromatic rings. The number of halogens is 3. The smallest absolute Gasteiger partial charge is 0.166 e.